The van der Waals surface area contributed by atoms with Crippen LogP contribution in [0.5, 0.6) is 11.5 Å². The third kappa shape index (κ3) is 4.89. The van der Waals surface area contributed by atoms with Crippen molar-refractivity contribution in [3.63, 3.8) is 0 Å². The van der Waals surface area contributed by atoms with Gasteiger partial charge < -0.3 is 19.7 Å². The van der Waals surface area contributed by atoms with E-state index in [0.29, 0.717) is 24.8 Å². The molecule has 0 spiro atoms. The summed E-state index contributed by atoms with van der Waals surface area (Å²) in [6.07, 6.45) is 2.22. The maximum Gasteiger partial charge on any atom is 0.273 e. The highest BCUT2D eigenvalue weighted by atomic mass is 35.5. The van der Waals surface area contributed by atoms with Gasteiger partial charge in [-0.25, -0.2) is 4.98 Å². The van der Waals surface area contributed by atoms with Gasteiger partial charge in [-0.2, -0.15) is 0 Å². The van der Waals surface area contributed by atoms with Crippen molar-refractivity contribution >= 4 is 42.1 Å². The van der Waals surface area contributed by atoms with Crippen LogP contribution in [0.1, 0.15) is 23.3 Å². The van der Waals surface area contributed by atoms with Crippen molar-refractivity contribution in [3.8, 4) is 22.1 Å². The van der Waals surface area contributed by atoms with Crippen LogP contribution in [0, 0.1) is 5.92 Å². The predicted molar refractivity (Wildman–Crippen MR) is 116 cm³/mol. The SMILES string of the molecule is CNCC1CCCN(C(=O)c2csc(-c3ccc4c(c3)OCCO4)n2)C1.Cl.Cl. The van der Waals surface area contributed by atoms with E-state index in [9.17, 15) is 4.79 Å². The molecule has 0 radical (unpaired) electrons. The first-order valence-corrected chi connectivity index (χ1v) is 9.92. The first-order chi connectivity index (χ1) is 12.7. The molecule has 0 bridgehead atoms. The summed E-state index contributed by atoms with van der Waals surface area (Å²) in [7, 11) is 1.96. The Kier molecular flexibility index (Phi) is 8.37. The van der Waals surface area contributed by atoms with Crippen molar-refractivity contribution in [2.75, 3.05) is 39.9 Å². The molecule has 6 nitrogen and oxygen atoms in total. The van der Waals surface area contributed by atoms with Gasteiger partial charge in [0.1, 0.15) is 23.9 Å². The van der Waals surface area contributed by atoms with Gasteiger partial charge in [0.2, 0.25) is 0 Å². The van der Waals surface area contributed by atoms with Gasteiger partial charge >= 0.3 is 0 Å². The minimum atomic E-state index is 0. The topological polar surface area (TPSA) is 63.7 Å². The van der Waals surface area contributed by atoms with Crippen LogP contribution >= 0.6 is 36.2 Å². The largest absolute Gasteiger partial charge is 0.486 e. The van der Waals surface area contributed by atoms with Gasteiger partial charge in [0, 0.05) is 24.0 Å². The Hall–Kier alpha value is -1.54. The van der Waals surface area contributed by atoms with Crippen molar-refractivity contribution in [2.45, 2.75) is 12.8 Å². The summed E-state index contributed by atoms with van der Waals surface area (Å²) in [6, 6.07) is 5.80. The Labute approximate surface area is 181 Å². The molecule has 154 valence electrons. The maximum atomic E-state index is 12.8. The van der Waals surface area contributed by atoms with Crippen LogP contribution in [0.25, 0.3) is 10.6 Å². The lowest BCUT2D eigenvalue weighted by molar-refractivity contribution is 0.0669. The number of ether oxygens (including phenoxy) is 2. The summed E-state index contributed by atoms with van der Waals surface area (Å²) in [5.74, 6) is 2.05. The molecule has 3 heterocycles. The van der Waals surface area contributed by atoms with Crippen LogP contribution in [0.15, 0.2) is 23.6 Å². The average molecular weight is 446 g/mol. The zero-order valence-corrected chi connectivity index (χ0v) is 18.1. The van der Waals surface area contributed by atoms with E-state index in [1.54, 1.807) is 0 Å². The average Bonchev–Trinajstić information content (AvgIpc) is 3.18. The Morgan fingerprint density at radius 1 is 1.29 bits per heavy atom. The Morgan fingerprint density at radius 2 is 2.07 bits per heavy atom. The molecule has 1 fully saturated rings. The summed E-state index contributed by atoms with van der Waals surface area (Å²) in [5.41, 5.74) is 1.48. The fourth-order valence-corrected chi connectivity index (χ4v) is 4.34. The number of halogens is 2. The van der Waals surface area contributed by atoms with Crippen LogP contribution in [0.3, 0.4) is 0 Å². The van der Waals surface area contributed by atoms with Gasteiger partial charge in [0.15, 0.2) is 11.5 Å². The second-order valence-corrected chi connectivity index (χ2v) is 7.57. The van der Waals surface area contributed by atoms with E-state index >= 15 is 0 Å². The highest BCUT2D eigenvalue weighted by Crippen LogP contribution is 2.35. The third-order valence-corrected chi connectivity index (χ3v) is 5.70. The number of nitrogens with zero attached hydrogens (tertiary/aromatic N) is 2. The number of carbonyl (C=O) groups is 1. The fraction of sp³-hybridized carbons (Fsp3) is 0.474. The zero-order valence-electron chi connectivity index (χ0n) is 15.7. The number of rotatable bonds is 4. The molecule has 1 amide bonds. The number of piperidine rings is 1. The second-order valence-electron chi connectivity index (χ2n) is 6.71. The van der Waals surface area contributed by atoms with Crippen LogP contribution in [0.2, 0.25) is 0 Å². The third-order valence-electron chi connectivity index (χ3n) is 4.81. The molecule has 9 heteroatoms. The molecular formula is C19H25Cl2N3O3S. The molecule has 4 rings (SSSR count). The van der Waals surface area contributed by atoms with E-state index in [1.807, 2.05) is 35.5 Å². The molecule has 1 saturated heterocycles. The fourth-order valence-electron chi connectivity index (χ4n) is 3.55. The number of fused-ring (bicyclic) bond motifs is 1. The number of aromatic nitrogens is 1. The molecule has 1 unspecified atom stereocenters. The second kappa shape index (κ2) is 10.3. The zero-order chi connectivity index (χ0) is 17.9. The predicted octanol–water partition coefficient (Wildman–Crippen LogP) is 3.50. The summed E-state index contributed by atoms with van der Waals surface area (Å²) in [4.78, 5) is 19.4. The number of benzene rings is 1. The lowest BCUT2D eigenvalue weighted by Gasteiger charge is -2.32. The molecular weight excluding hydrogens is 421 g/mol. The van der Waals surface area contributed by atoms with E-state index in [-0.39, 0.29) is 30.7 Å². The summed E-state index contributed by atoms with van der Waals surface area (Å²) in [5, 5.41) is 5.90. The molecule has 0 saturated carbocycles. The highest BCUT2D eigenvalue weighted by Gasteiger charge is 2.26. The van der Waals surface area contributed by atoms with Gasteiger partial charge in [-0.15, -0.1) is 36.2 Å². The van der Waals surface area contributed by atoms with Crippen LogP contribution in [0.4, 0.5) is 0 Å². The van der Waals surface area contributed by atoms with Gasteiger partial charge in [0.05, 0.1) is 0 Å². The molecule has 2 aliphatic heterocycles. The Balaban J connectivity index is 0.00000140. The first kappa shape index (κ1) is 22.7. The summed E-state index contributed by atoms with van der Waals surface area (Å²) in [6.45, 7) is 3.70. The van der Waals surface area contributed by atoms with Crippen LogP contribution in [-0.2, 0) is 0 Å². The minimum absolute atomic E-state index is 0. The Bertz CT molecular complexity index is 800. The van der Waals surface area contributed by atoms with Gasteiger partial charge in [0.25, 0.3) is 5.91 Å². The van der Waals surface area contributed by atoms with Crippen molar-refractivity contribution in [3.05, 3.63) is 29.3 Å². The lowest BCUT2D eigenvalue weighted by atomic mass is 9.98. The van der Waals surface area contributed by atoms with E-state index in [0.717, 1.165) is 48.1 Å². The van der Waals surface area contributed by atoms with Crippen LogP contribution in [-0.4, -0.2) is 55.7 Å². The van der Waals surface area contributed by atoms with Crippen molar-refractivity contribution < 1.29 is 14.3 Å². The van der Waals surface area contributed by atoms with E-state index in [1.165, 1.54) is 17.8 Å². The van der Waals surface area contributed by atoms with Gasteiger partial charge in [-0.3, -0.25) is 4.79 Å². The molecule has 2 aliphatic rings. The monoisotopic (exact) mass is 445 g/mol. The van der Waals surface area contributed by atoms with Crippen LogP contribution < -0.4 is 14.8 Å². The number of carbonyl (C=O) groups excluding carboxylic acids is 1. The Morgan fingerprint density at radius 3 is 2.86 bits per heavy atom. The van der Waals surface area contributed by atoms with E-state index in [2.05, 4.69) is 10.3 Å². The smallest absolute Gasteiger partial charge is 0.273 e. The number of nitrogens with one attached hydrogen (secondary N) is 1. The molecule has 1 atom stereocenters. The molecule has 28 heavy (non-hydrogen) atoms. The quantitative estimate of drug-likeness (QED) is 0.779. The van der Waals surface area contributed by atoms with Gasteiger partial charge in [-0.05, 0) is 50.6 Å². The van der Waals surface area contributed by atoms with E-state index in [4.69, 9.17) is 9.47 Å². The minimum Gasteiger partial charge on any atom is -0.486 e. The number of hydrogen-bond acceptors (Lipinski definition) is 6. The number of thiazole rings is 1. The van der Waals surface area contributed by atoms with Crippen molar-refractivity contribution in [2.24, 2.45) is 5.92 Å². The van der Waals surface area contributed by atoms with E-state index < -0.39 is 0 Å². The number of amides is 1. The maximum absolute atomic E-state index is 12.8. The molecule has 1 aromatic carbocycles. The molecule has 1 aromatic heterocycles. The van der Waals surface area contributed by atoms with Crippen molar-refractivity contribution in [1.29, 1.82) is 0 Å². The number of likely N-dealkylation sites (tertiary alicyclic amines) is 1. The normalized spacial score (nSPS) is 18.0. The summed E-state index contributed by atoms with van der Waals surface area (Å²) < 4.78 is 11.2. The molecule has 2 aromatic rings. The van der Waals surface area contributed by atoms with Crippen molar-refractivity contribution in [1.82, 2.24) is 15.2 Å². The molecule has 1 N–H and O–H groups in total. The van der Waals surface area contributed by atoms with Gasteiger partial charge in [-0.1, -0.05) is 0 Å². The standard InChI is InChI=1S/C19H23N3O3S.2ClH/c1-20-10-13-3-2-6-22(11-13)19(23)15-12-26-18(21-15)14-4-5-16-17(9-14)25-8-7-24-16;;/h4-5,9,12-13,20H,2-3,6-8,10-11H2,1H3;2*1H. The number of hydrogen-bond donors (Lipinski definition) is 1. The summed E-state index contributed by atoms with van der Waals surface area (Å²) >= 11 is 1.49. The molecule has 0 aliphatic carbocycles. The highest BCUT2D eigenvalue weighted by molar-refractivity contribution is 7.13. The first-order valence-electron chi connectivity index (χ1n) is 9.04. The lowest BCUT2D eigenvalue weighted by Crippen LogP contribution is -2.42.